The zero-order valence-corrected chi connectivity index (χ0v) is 61.4. The van der Waals surface area contributed by atoms with Gasteiger partial charge in [0, 0.05) is 12.8 Å². The highest BCUT2D eigenvalue weighted by Crippen LogP contribution is 2.20. The quantitative estimate of drug-likeness (QED) is 0.0320. The fourth-order valence-electron chi connectivity index (χ4n) is 13.4. The van der Waals surface area contributed by atoms with Crippen LogP contribution in [0.2, 0.25) is 0 Å². The Morgan fingerprint density at radius 1 is 0.300 bits per heavy atom. The third kappa shape index (κ3) is 75.4. The molecule has 0 bridgehead atoms. The lowest BCUT2D eigenvalue weighted by Gasteiger charge is -2.20. The smallest absolute Gasteiger partial charge is 0.305 e. The van der Waals surface area contributed by atoms with E-state index in [1.54, 1.807) is 6.08 Å². The Morgan fingerprint density at radius 2 is 0.522 bits per heavy atom. The number of ether oxygens (including phenoxy) is 1. The number of aliphatic hydroxyl groups is 2. The fourth-order valence-corrected chi connectivity index (χ4v) is 13.4. The summed E-state index contributed by atoms with van der Waals surface area (Å²) in [5.41, 5.74) is 0. The van der Waals surface area contributed by atoms with Crippen LogP contribution in [0.15, 0.2) is 24.3 Å². The number of hydrogen-bond acceptors (Lipinski definition) is 5. The molecule has 0 aliphatic rings. The van der Waals surface area contributed by atoms with Crippen LogP contribution in [0.4, 0.5) is 0 Å². The summed E-state index contributed by atoms with van der Waals surface area (Å²) in [6, 6.07) is -0.626. The van der Waals surface area contributed by atoms with E-state index in [4.69, 9.17) is 4.74 Å². The third-order valence-electron chi connectivity index (χ3n) is 19.7. The third-order valence-corrected chi connectivity index (χ3v) is 19.7. The summed E-state index contributed by atoms with van der Waals surface area (Å²) in [5, 5.41) is 23.3. The van der Waals surface area contributed by atoms with Crippen molar-refractivity contribution in [2.75, 3.05) is 13.2 Å². The average molecular weight is 1270 g/mol. The number of esters is 1. The van der Waals surface area contributed by atoms with E-state index in [2.05, 4.69) is 31.3 Å². The van der Waals surface area contributed by atoms with Crippen LogP contribution >= 0.6 is 0 Å². The number of rotatable bonds is 79. The predicted octanol–water partition coefficient (Wildman–Crippen LogP) is 27.6. The molecule has 0 saturated heterocycles. The van der Waals surface area contributed by atoms with Crippen molar-refractivity contribution in [2.45, 2.75) is 488 Å². The van der Waals surface area contributed by atoms with Gasteiger partial charge in [0.2, 0.25) is 5.91 Å². The van der Waals surface area contributed by atoms with Crippen molar-refractivity contribution in [1.82, 2.24) is 5.32 Å². The zero-order chi connectivity index (χ0) is 64.9. The Balaban J connectivity index is 3.35. The number of aliphatic hydroxyl groups excluding tert-OH is 2. The number of allylic oxidation sites excluding steroid dienone is 3. The van der Waals surface area contributed by atoms with Gasteiger partial charge in [-0.25, -0.2) is 0 Å². The molecule has 0 aromatic carbocycles. The van der Waals surface area contributed by atoms with E-state index in [0.29, 0.717) is 19.4 Å². The molecule has 534 valence electrons. The Labute approximate surface area is 564 Å². The van der Waals surface area contributed by atoms with Crippen LogP contribution < -0.4 is 5.32 Å². The number of unbranched alkanes of at least 4 members (excludes halogenated alkanes) is 66. The van der Waals surface area contributed by atoms with E-state index >= 15 is 0 Å². The van der Waals surface area contributed by atoms with E-state index in [1.807, 2.05) is 6.08 Å². The van der Waals surface area contributed by atoms with Crippen LogP contribution in [0.5, 0.6) is 0 Å². The van der Waals surface area contributed by atoms with Crippen molar-refractivity contribution in [3.63, 3.8) is 0 Å². The van der Waals surface area contributed by atoms with Crippen LogP contribution in [0.25, 0.3) is 0 Å². The Kier molecular flexibility index (Phi) is 78.3. The molecule has 0 spiro atoms. The second-order valence-corrected chi connectivity index (χ2v) is 28.8. The zero-order valence-electron chi connectivity index (χ0n) is 61.4. The molecule has 2 atom stereocenters. The summed E-state index contributed by atoms with van der Waals surface area (Å²) in [4.78, 5) is 24.7. The average Bonchev–Trinajstić information content (AvgIpc) is 3.61. The minimum Gasteiger partial charge on any atom is -0.466 e. The summed E-state index contributed by atoms with van der Waals surface area (Å²) in [7, 11) is 0. The lowest BCUT2D eigenvalue weighted by atomic mass is 10.0. The first kappa shape index (κ1) is 88.3. The number of hydrogen-bond donors (Lipinski definition) is 3. The van der Waals surface area contributed by atoms with Gasteiger partial charge in [0.15, 0.2) is 0 Å². The van der Waals surface area contributed by atoms with Crippen molar-refractivity contribution in [3.8, 4) is 0 Å². The normalized spacial score (nSPS) is 12.5. The number of carbonyl (C=O) groups excluding carboxylic acids is 2. The van der Waals surface area contributed by atoms with Gasteiger partial charge in [-0.1, -0.05) is 430 Å². The minimum absolute atomic E-state index is 0.0146. The predicted molar refractivity (Wildman–Crippen MR) is 398 cm³/mol. The second kappa shape index (κ2) is 79.8. The Hall–Kier alpha value is -1.66. The van der Waals surface area contributed by atoms with E-state index in [9.17, 15) is 19.8 Å². The topological polar surface area (TPSA) is 95.9 Å². The molecule has 0 aliphatic heterocycles. The monoisotopic (exact) mass is 1270 g/mol. The molecule has 0 aromatic rings. The van der Waals surface area contributed by atoms with Gasteiger partial charge in [-0.15, -0.1) is 0 Å². The first-order chi connectivity index (χ1) is 44.5. The van der Waals surface area contributed by atoms with Crippen LogP contribution in [-0.2, 0) is 14.3 Å². The van der Waals surface area contributed by atoms with E-state index in [1.165, 1.54) is 405 Å². The molecule has 1 amide bonds. The Bertz CT molecular complexity index is 1410. The van der Waals surface area contributed by atoms with E-state index in [0.717, 1.165) is 44.9 Å². The Morgan fingerprint density at radius 3 is 0.789 bits per heavy atom. The van der Waals surface area contributed by atoms with Crippen molar-refractivity contribution < 1.29 is 24.5 Å². The molecule has 0 radical (unpaired) electrons. The number of amides is 1. The lowest BCUT2D eigenvalue weighted by Crippen LogP contribution is -2.45. The largest absolute Gasteiger partial charge is 0.466 e. The van der Waals surface area contributed by atoms with Gasteiger partial charge in [0.05, 0.1) is 25.4 Å². The summed E-state index contributed by atoms with van der Waals surface area (Å²) in [6.07, 6.45) is 103. The number of nitrogens with one attached hydrogen (secondary N) is 1. The van der Waals surface area contributed by atoms with Crippen molar-refractivity contribution in [3.05, 3.63) is 24.3 Å². The summed E-state index contributed by atoms with van der Waals surface area (Å²) >= 11 is 0. The maximum Gasteiger partial charge on any atom is 0.305 e. The summed E-state index contributed by atoms with van der Waals surface area (Å²) < 4.78 is 5.50. The van der Waals surface area contributed by atoms with Crippen LogP contribution in [0, 0.1) is 0 Å². The minimum atomic E-state index is -0.843. The van der Waals surface area contributed by atoms with E-state index < -0.39 is 12.1 Å². The van der Waals surface area contributed by atoms with Crippen molar-refractivity contribution >= 4 is 11.9 Å². The van der Waals surface area contributed by atoms with Gasteiger partial charge >= 0.3 is 5.97 Å². The highest BCUT2D eigenvalue weighted by molar-refractivity contribution is 5.76. The van der Waals surface area contributed by atoms with Gasteiger partial charge < -0.3 is 20.3 Å². The summed E-state index contributed by atoms with van der Waals surface area (Å²) in [6.45, 7) is 4.95. The maximum atomic E-state index is 12.6. The fraction of sp³-hybridized carbons (Fsp3) is 0.929. The molecule has 0 aromatic heterocycles. The molecule has 0 saturated carbocycles. The molecule has 2 unspecified atom stereocenters. The second-order valence-electron chi connectivity index (χ2n) is 28.8. The molecule has 6 heteroatoms. The molecular weight excluding hydrogens is 1100 g/mol. The van der Waals surface area contributed by atoms with Gasteiger partial charge in [-0.05, 0) is 57.8 Å². The molecule has 6 nitrogen and oxygen atoms in total. The molecule has 90 heavy (non-hydrogen) atoms. The van der Waals surface area contributed by atoms with Crippen LogP contribution in [0.3, 0.4) is 0 Å². The van der Waals surface area contributed by atoms with Gasteiger partial charge in [0.1, 0.15) is 0 Å². The first-order valence-electron chi connectivity index (χ1n) is 41.6. The molecule has 0 rings (SSSR count). The first-order valence-corrected chi connectivity index (χ1v) is 41.6. The van der Waals surface area contributed by atoms with Crippen LogP contribution in [0.1, 0.15) is 476 Å². The molecule has 0 heterocycles. The van der Waals surface area contributed by atoms with Crippen LogP contribution in [-0.4, -0.2) is 47.4 Å². The highest BCUT2D eigenvalue weighted by atomic mass is 16.5. The molecule has 0 aliphatic carbocycles. The highest BCUT2D eigenvalue weighted by Gasteiger charge is 2.18. The van der Waals surface area contributed by atoms with Gasteiger partial charge in [0.25, 0.3) is 0 Å². The standard InChI is InChI=1S/C84H163NO5/c1-3-5-7-9-11-13-15-17-19-20-21-22-23-33-36-39-42-45-49-52-56-60-64-68-72-76-82(87)81(80-86)85-83(88)77-73-69-65-61-57-53-50-46-43-40-37-34-31-29-27-25-24-26-28-30-32-35-38-41-44-47-51-55-59-63-67-71-75-79-90-84(89)78-74-70-66-62-58-54-48-18-16-14-12-10-8-6-4-2/h18,48,72,76,81-82,86-87H,3-17,19-47,49-71,73-75,77-80H2,1-2H3,(H,85,88)/b48-18-,76-72+. The van der Waals surface area contributed by atoms with Gasteiger partial charge in [-0.3, -0.25) is 9.59 Å². The SMILES string of the molecule is CCCCCCCC/C=C\CCCCCCCC(=O)OCCCCCCCCCCCCCCCCCCCCCCCCCCCCCCCCCCCC(=O)NC(CO)C(O)/C=C/CCCCCCCCCCCCCCCCCCCCCCCCC. The lowest BCUT2D eigenvalue weighted by molar-refractivity contribution is -0.143. The summed E-state index contributed by atoms with van der Waals surface area (Å²) in [5.74, 6) is -0.0428. The van der Waals surface area contributed by atoms with Crippen molar-refractivity contribution in [2.24, 2.45) is 0 Å². The number of carbonyl (C=O) groups is 2. The molecule has 0 fully saturated rings. The molecule has 3 N–H and O–H groups in total. The van der Waals surface area contributed by atoms with Gasteiger partial charge in [-0.2, -0.15) is 0 Å². The molecular formula is C84H163NO5. The van der Waals surface area contributed by atoms with E-state index in [-0.39, 0.29) is 18.5 Å². The van der Waals surface area contributed by atoms with Crippen molar-refractivity contribution in [1.29, 1.82) is 0 Å². The maximum absolute atomic E-state index is 12.6.